The summed E-state index contributed by atoms with van der Waals surface area (Å²) >= 11 is 0. The first-order valence-electron chi connectivity index (χ1n) is 11.8. The zero-order valence-electron chi connectivity index (χ0n) is 19.8. The van der Waals surface area contributed by atoms with Crippen LogP contribution in [0.5, 0.6) is 11.5 Å². The van der Waals surface area contributed by atoms with Gasteiger partial charge in [0.2, 0.25) is 0 Å². The SMILES string of the molecule is COc1ccc(CNCc2nc(C)cc(C)n2)cc1OCC(O)CN1CCCCCCC1. The Morgan fingerprint density at radius 2 is 1.66 bits per heavy atom. The lowest BCUT2D eigenvalue weighted by Gasteiger charge is -2.26. The Labute approximate surface area is 192 Å². The van der Waals surface area contributed by atoms with Crippen LogP contribution in [0.1, 0.15) is 54.9 Å². The molecule has 7 nitrogen and oxygen atoms in total. The van der Waals surface area contributed by atoms with Gasteiger partial charge in [0, 0.05) is 24.5 Å². The van der Waals surface area contributed by atoms with Crippen LogP contribution in [0.4, 0.5) is 0 Å². The number of hydrogen-bond donors (Lipinski definition) is 2. The molecule has 1 aromatic heterocycles. The van der Waals surface area contributed by atoms with Crippen molar-refractivity contribution in [3.05, 3.63) is 47.0 Å². The lowest BCUT2D eigenvalue weighted by Crippen LogP contribution is -2.37. The molecule has 0 amide bonds. The molecule has 0 radical (unpaired) electrons. The lowest BCUT2D eigenvalue weighted by atomic mass is 10.1. The normalized spacial score (nSPS) is 16.2. The molecule has 32 heavy (non-hydrogen) atoms. The molecule has 0 saturated carbocycles. The summed E-state index contributed by atoms with van der Waals surface area (Å²) in [5.74, 6) is 2.12. The van der Waals surface area contributed by atoms with E-state index in [9.17, 15) is 5.11 Å². The van der Waals surface area contributed by atoms with Gasteiger partial charge < -0.3 is 24.8 Å². The van der Waals surface area contributed by atoms with E-state index in [1.54, 1.807) is 7.11 Å². The van der Waals surface area contributed by atoms with E-state index in [-0.39, 0.29) is 6.61 Å². The maximum atomic E-state index is 10.5. The number of nitrogens with one attached hydrogen (secondary N) is 1. The van der Waals surface area contributed by atoms with Crippen molar-refractivity contribution in [3.63, 3.8) is 0 Å². The third-order valence-electron chi connectivity index (χ3n) is 5.72. The van der Waals surface area contributed by atoms with E-state index in [1.165, 1.54) is 32.1 Å². The van der Waals surface area contributed by atoms with Crippen molar-refractivity contribution in [2.45, 2.75) is 65.1 Å². The first kappa shape index (κ1) is 24.4. The zero-order valence-corrected chi connectivity index (χ0v) is 19.8. The molecule has 2 N–H and O–H groups in total. The van der Waals surface area contributed by atoms with Gasteiger partial charge in [0.15, 0.2) is 11.5 Å². The highest BCUT2D eigenvalue weighted by Gasteiger charge is 2.15. The average Bonchev–Trinajstić information content (AvgIpc) is 2.73. The molecule has 176 valence electrons. The molecule has 1 unspecified atom stereocenters. The quantitative estimate of drug-likeness (QED) is 0.584. The smallest absolute Gasteiger partial charge is 0.161 e. The Hall–Kier alpha value is -2.22. The lowest BCUT2D eigenvalue weighted by molar-refractivity contribution is 0.0644. The summed E-state index contributed by atoms with van der Waals surface area (Å²) in [6, 6.07) is 7.86. The molecule has 2 heterocycles. The largest absolute Gasteiger partial charge is 0.493 e. The summed E-state index contributed by atoms with van der Waals surface area (Å²) < 4.78 is 11.4. The zero-order chi connectivity index (χ0) is 22.8. The van der Waals surface area contributed by atoms with E-state index in [1.807, 2.05) is 38.1 Å². The maximum absolute atomic E-state index is 10.5. The van der Waals surface area contributed by atoms with Crippen molar-refractivity contribution in [2.24, 2.45) is 0 Å². The van der Waals surface area contributed by atoms with Gasteiger partial charge in [0.1, 0.15) is 18.5 Å². The fraction of sp³-hybridized carbons (Fsp3) is 0.600. The second-order valence-electron chi connectivity index (χ2n) is 8.69. The maximum Gasteiger partial charge on any atom is 0.161 e. The summed E-state index contributed by atoms with van der Waals surface area (Å²) in [5.41, 5.74) is 3.02. The standard InChI is InChI=1S/C25H38N4O3/c1-19-13-20(2)28-25(27-19)16-26-15-21-9-10-23(31-3)24(14-21)32-18-22(30)17-29-11-7-5-4-6-8-12-29/h9-10,13-14,22,26,30H,4-8,11-12,15-18H2,1-3H3. The number of ether oxygens (including phenoxy) is 2. The number of nitrogens with zero attached hydrogens (tertiary/aromatic N) is 3. The number of hydrogen-bond acceptors (Lipinski definition) is 7. The number of aliphatic hydroxyl groups is 1. The van der Waals surface area contributed by atoms with Gasteiger partial charge in [-0.1, -0.05) is 25.3 Å². The Morgan fingerprint density at radius 3 is 2.34 bits per heavy atom. The van der Waals surface area contributed by atoms with Crippen LogP contribution >= 0.6 is 0 Å². The topological polar surface area (TPSA) is 79.7 Å². The van der Waals surface area contributed by atoms with E-state index in [4.69, 9.17) is 9.47 Å². The predicted molar refractivity (Wildman–Crippen MR) is 126 cm³/mol. The minimum atomic E-state index is -0.525. The second-order valence-corrected chi connectivity index (χ2v) is 8.69. The van der Waals surface area contributed by atoms with E-state index in [0.29, 0.717) is 31.1 Å². The van der Waals surface area contributed by atoms with Gasteiger partial charge in [-0.05, 0) is 63.5 Å². The number of rotatable bonds is 10. The number of aryl methyl sites for hydroxylation is 2. The van der Waals surface area contributed by atoms with Crippen LogP contribution in [-0.2, 0) is 13.1 Å². The summed E-state index contributed by atoms with van der Waals surface area (Å²) in [5, 5.41) is 13.9. The van der Waals surface area contributed by atoms with Gasteiger partial charge >= 0.3 is 0 Å². The Bertz CT molecular complexity index is 818. The molecule has 1 aliphatic heterocycles. The van der Waals surface area contributed by atoms with E-state index >= 15 is 0 Å². The van der Waals surface area contributed by atoms with E-state index < -0.39 is 6.10 Å². The van der Waals surface area contributed by atoms with Crippen molar-refractivity contribution in [1.82, 2.24) is 20.2 Å². The van der Waals surface area contributed by atoms with Crippen LogP contribution in [0.15, 0.2) is 24.3 Å². The number of aromatic nitrogens is 2. The number of methoxy groups -OCH3 is 1. The van der Waals surface area contributed by atoms with E-state index in [0.717, 1.165) is 35.9 Å². The van der Waals surface area contributed by atoms with Gasteiger partial charge in [-0.15, -0.1) is 0 Å². The highest BCUT2D eigenvalue weighted by molar-refractivity contribution is 5.43. The van der Waals surface area contributed by atoms with Crippen molar-refractivity contribution >= 4 is 0 Å². The average molecular weight is 443 g/mol. The van der Waals surface area contributed by atoms with Gasteiger partial charge in [0.05, 0.1) is 13.7 Å². The fourth-order valence-electron chi connectivity index (χ4n) is 4.17. The molecule has 7 heteroatoms. The molecule has 3 rings (SSSR count). The van der Waals surface area contributed by atoms with Crippen LogP contribution in [0.2, 0.25) is 0 Å². The highest BCUT2D eigenvalue weighted by Crippen LogP contribution is 2.28. The highest BCUT2D eigenvalue weighted by atomic mass is 16.5. The predicted octanol–water partition coefficient (Wildman–Crippen LogP) is 3.40. The number of benzene rings is 1. The Morgan fingerprint density at radius 1 is 0.969 bits per heavy atom. The fourth-order valence-corrected chi connectivity index (χ4v) is 4.17. The number of likely N-dealkylation sites (tertiary alicyclic amines) is 1. The van der Waals surface area contributed by atoms with Crippen molar-refractivity contribution in [3.8, 4) is 11.5 Å². The molecular weight excluding hydrogens is 404 g/mol. The van der Waals surface area contributed by atoms with Crippen LogP contribution in [0.25, 0.3) is 0 Å². The minimum Gasteiger partial charge on any atom is -0.493 e. The molecule has 1 aliphatic rings. The monoisotopic (exact) mass is 442 g/mol. The Balaban J connectivity index is 1.51. The molecule has 0 aliphatic carbocycles. The molecule has 0 spiro atoms. The molecule has 1 saturated heterocycles. The van der Waals surface area contributed by atoms with Crippen LogP contribution in [0, 0.1) is 13.8 Å². The Kier molecular flexibility index (Phi) is 9.71. The van der Waals surface area contributed by atoms with Crippen molar-refractivity contribution in [2.75, 3.05) is 33.4 Å². The van der Waals surface area contributed by atoms with Crippen molar-refractivity contribution < 1.29 is 14.6 Å². The third kappa shape index (κ3) is 8.04. The number of β-amino-alcohol motifs (C(OH)–C–C–N with tert-alkyl or cyclic N) is 1. The van der Waals surface area contributed by atoms with Crippen molar-refractivity contribution in [1.29, 1.82) is 0 Å². The molecule has 1 fully saturated rings. The molecule has 1 atom stereocenters. The van der Waals surface area contributed by atoms with Gasteiger partial charge in [-0.2, -0.15) is 0 Å². The van der Waals surface area contributed by atoms with Gasteiger partial charge in [0.25, 0.3) is 0 Å². The third-order valence-corrected chi connectivity index (χ3v) is 5.72. The van der Waals surface area contributed by atoms with Gasteiger partial charge in [-0.25, -0.2) is 9.97 Å². The molecular formula is C25H38N4O3. The van der Waals surface area contributed by atoms with Crippen LogP contribution < -0.4 is 14.8 Å². The molecule has 2 aromatic rings. The number of aliphatic hydroxyl groups excluding tert-OH is 1. The summed E-state index contributed by atoms with van der Waals surface area (Å²) in [7, 11) is 1.63. The first-order valence-corrected chi connectivity index (χ1v) is 11.8. The second kappa shape index (κ2) is 12.7. The van der Waals surface area contributed by atoms with Gasteiger partial charge in [-0.3, -0.25) is 0 Å². The first-order chi connectivity index (χ1) is 15.5. The molecule has 1 aromatic carbocycles. The van der Waals surface area contributed by atoms with Crippen LogP contribution in [-0.4, -0.2) is 59.4 Å². The van der Waals surface area contributed by atoms with E-state index in [2.05, 4.69) is 20.2 Å². The minimum absolute atomic E-state index is 0.250. The summed E-state index contributed by atoms with van der Waals surface area (Å²) in [4.78, 5) is 11.3. The summed E-state index contributed by atoms with van der Waals surface area (Å²) in [6.07, 6.45) is 5.81. The molecule has 0 bridgehead atoms. The van der Waals surface area contributed by atoms with Crippen LogP contribution in [0.3, 0.4) is 0 Å². The summed E-state index contributed by atoms with van der Waals surface area (Å²) in [6.45, 7) is 8.24.